The fraction of sp³-hybridized carbons (Fsp3) is 0.632. The van der Waals surface area contributed by atoms with Gasteiger partial charge in [0, 0.05) is 26.7 Å². The molecule has 26 heavy (non-hydrogen) atoms. The molecule has 0 amide bonds. The van der Waals surface area contributed by atoms with Gasteiger partial charge in [0.05, 0.1) is 18.7 Å². The van der Waals surface area contributed by atoms with Crippen LogP contribution in [0.2, 0.25) is 0 Å². The van der Waals surface area contributed by atoms with E-state index in [0.29, 0.717) is 6.54 Å². The number of benzene rings is 1. The standard InChI is InChI=1S/C19H28BrN3O2.HI/c1-21-19(23-11-14-6-4-5-7-15(14)12-23)22-10-13-8-16(20)18(25-3)17(9-13)24-2;/h8-9,14-15H,4-7,10-12H2,1-3H3,(H,21,22);1H. The van der Waals surface area contributed by atoms with Crippen LogP contribution in [0.5, 0.6) is 11.5 Å². The summed E-state index contributed by atoms with van der Waals surface area (Å²) < 4.78 is 11.7. The summed E-state index contributed by atoms with van der Waals surface area (Å²) in [6, 6.07) is 4.07. The van der Waals surface area contributed by atoms with Crippen LogP contribution in [0.3, 0.4) is 0 Å². The lowest BCUT2D eigenvalue weighted by Gasteiger charge is -2.22. The highest BCUT2D eigenvalue weighted by Crippen LogP contribution is 2.37. The second kappa shape index (κ2) is 10.0. The molecule has 1 aromatic carbocycles. The van der Waals surface area contributed by atoms with Crippen molar-refractivity contribution in [3.8, 4) is 11.5 Å². The number of guanidine groups is 1. The molecule has 2 fully saturated rings. The Morgan fingerprint density at radius 1 is 1.19 bits per heavy atom. The van der Waals surface area contributed by atoms with E-state index in [1.165, 1.54) is 25.7 Å². The molecule has 1 aliphatic carbocycles. The van der Waals surface area contributed by atoms with Crippen molar-refractivity contribution in [2.75, 3.05) is 34.4 Å². The molecule has 2 atom stereocenters. The Hall–Kier alpha value is -0.700. The average Bonchev–Trinajstić information content (AvgIpc) is 3.05. The van der Waals surface area contributed by atoms with Gasteiger partial charge in [0.2, 0.25) is 0 Å². The topological polar surface area (TPSA) is 46.1 Å². The first-order chi connectivity index (χ1) is 12.2. The van der Waals surface area contributed by atoms with E-state index in [1.54, 1.807) is 14.2 Å². The number of methoxy groups -OCH3 is 2. The van der Waals surface area contributed by atoms with Crippen LogP contribution in [0.4, 0.5) is 0 Å². The molecule has 0 bridgehead atoms. The number of fused-ring (bicyclic) bond motifs is 1. The molecule has 1 aliphatic heterocycles. The molecule has 5 nitrogen and oxygen atoms in total. The van der Waals surface area contributed by atoms with Crippen molar-refractivity contribution in [1.82, 2.24) is 10.2 Å². The second-order valence-corrected chi connectivity index (χ2v) is 7.78. The first-order valence-corrected chi connectivity index (χ1v) is 9.81. The van der Waals surface area contributed by atoms with Crippen molar-refractivity contribution in [2.24, 2.45) is 16.8 Å². The number of hydrogen-bond acceptors (Lipinski definition) is 3. The van der Waals surface area contributed by atoms with Gasteiger partial charge in [-0.25, -0.2) is 0 Å². The maximum Gasteiger partial charge on any atom is 0.193 e. The summed E-state index contributed by atoms with van der Waals surface area (Å²) in [6.07, 6.45) is 5.53. The molecule has 1 saturated heterocycles. The number of hydrogen-bond donors (Lipinski definition) is 1. The Morgan fingerprint density at radius 2 is 1.85 bits per heavy atom. The molecular weight excluding hydrogens is 509 g/mol. The molecule has 2 aliphatic rings. The third-order valence-corrected chi connectivity index (χ3v) is 6.02. The van der Waals surface area contributed by atoms with Crippen LogP contribution in [0.15, 0.2) is 21.6 Å². The van der Waals surface area contributed by atoms with E-state index in [9.17, 15) is 0 Å². The van der Waals surface area contributed by atoms with E-state index in [-0.39, 0.29) is 24.0 Å². The minimum atomic E-state index is 0. The van der Waals surface area contributed by atoms with Crippen LogP contribution < -0.4 is 14.8 Å². The van der Waals surface area contributed by atoms with Crippen molar-refractivity contribution >= 4 is 45.9 Å². The minimum absolute atomic E-state index is 0. The number of nitrogens with one attached hydrogen (secondary N) is 1. The summed E-state index contributed by atoms with van der Waals surface area (Å²) in [5.41, 5.74) is 1.13. The molecule has 7 heteroatoms. The predicted octanol–water partition coefficient (Wildman–Crippen LogP) is 4.28. The van der Waals surface area contributed by atoms with Crippen molar-refractivity contribution in [3.05, 3.63) is 22.2 Å². The Kier molecular flexibility index (Phi) is 8.32. The van der Waals surface area contributed by atoms with Crippen molar-refractivity contribution in [1.29, 1.82) is 0 Å². The molecule has 2 unspecified atom stereocenters. The van der Waals surface area contributed by atoms with E-state index in [2.05, 4.69) is 37.2 Å². The summed E-state index contributed by atoms with van der Waals surface area (Å²) >= 11 is 3.56. The molecule has 3 rings (SSSR count). The lowest BCUT2D eigenvalue weighted by Crippen LogP contribution is -2.39. The third kappa shape index (κ3) is 4.77. The first kappa shape index (κ1) is 21.6. The van der Waals surface area contributed by atoms with Crippen LogP contribution >= 0.6 is 39.9 Å². The van der Waals surface area contributed by atoms with Crippen molar-refractivity contribution in [3.63, 3.8) is 0 Å². The highest BCUT2D eigenvalue weighted by molar-refractivity contribution is 14.0. The Bertz CT molecular complexity index is 627. The number of likely N-dealkylation sites (tertiary alicyclic amines) is 1. The van der Waals surface area contributed by atoms with Gasteiger partial charge in [-0.3, -0.25) is 4.99 Å². The van der Waals surface area contributed by atoms with Gasteiger partial charge < -0.3 is 19.7 Å². The number of rotatable bonds is 4. The summed E-state index contributed by atoms with van der Waals surface area (Å²) in [6.45, 7) is 2.98. The fourth-order valence-corrected chi connectivity index (χ4v) is 4.82. The summed E-state index contributed by atoms with van der Waals surface area (Å²) in [7, 11) is 5.18. The minimum Gasteiger partial charge on any atom is -0.493 e. The van der Waals surface area contributed by atoms with E-state index in [1.807, 2.05) is 13.1 Å². The normalized spacial score (nSPS) is 22.5. The predicted molar refractivity (Wildman–Crippen MR) is 120 cm³/mol. The maximum absolute atomic E-state index is 5.43. The van der Waals surface area contributed by atoms with Gasteiger partial charge in [-0.05, 0) is 58.3 Å². The van der Waals surface area contributed by atoms with E-state index < -0.39 is 0 Å². The van der Waals surface area contributed by atoms with Gasteiger partial charge in [-0.1, -0.05) is 12.8 Å². The molecule has 1 aromatic rings. The monoisotopic (exact) mass is 537 g/mol. The molecule has 1 N–H and O–H groups in total. The van der Waals surface area contributed by atoms with Crippen LogP contribution in [0, 0.1) is 11.8 Å². The van der Waals surface area contributed by atoms with Crippen LogP contribution in [-0.2, 0) is 6.54 Å². The van der Waals surface area contributed by atoms with Crippen LogP contribution in [0.25, 0.3) is 0 Å². The quantitative estimate of drug-likeness (QED) is 0.354. The average molecular weight is 538 g/mol. The number of nitrogens with zero attached hydrogens (tertiary/aromatic N) is 2. The fourth-order valence-electron chi connectivity index (χ4n) is 4.17. The zero-order chi connectivity index (χ0) is 17.8. The highest BCUT2D eigenvalue weighted by Gasteiger charge is 2.35. The SMILES string of the molecule is CN=C(NCc1cc(Br)c(OC)c(OC)c1)N1CC2CCCCC2C1.I. The van der Waals surface area contributed by atoms with E-state index in [4.69, 9.17) is 9.47 Å². The molecular formula is C19H29BrIN3O2. The summed E-state index contributed by atoms with van der Waals surface area (Å²) in [5.74, 6) is 4.15. The van der Waals surface area contributed by atoms with Gasteiger partial charge >= 0.3 is 0 Å². The van der Waals surface area contributed by atoms with Crippen LogP contribution in [-0.4, -0.2) is 45.2 Å². The highest BCUT2D eigenvalue weighted by atomic mass is 127. The largest absolute Gasteiger partial charge is 0.493 e. The maximum atomic E-state index is 5.43. The molecule has 0 radical (unpaired) electrons. The lowest BCUT2D eigenvalue weighted by atomic mass is 9.82. The van der Waals surface area contributed by atoms with Crippen molar-refractivity contribution in [2.45, 2.75) is 32.2 Å². The van der Waals surface area contributed by atoms with Crippen molar-refractivity contribution < 1.29 is 9.47 Å². The van der Waals surface area contributed by atoms with Gasteiger partial charge in [-0.2, -0.15) is 0 Å². The van der Waals surface area contributed by atoms with E-state index >= 15 is 0 Å². The van der Waals surface area contributed by atoms with Gasteiger partial charge in [0.25, 0.3) is 0 Å². The lowest BCUT2D eigenvalue weighted by molar-refractivity contribution is 0.299. The molecule has 0 aromatic heterocycles. The van der Waals surface area contributed by atoms with Gasteiger partial charge in [0.1, 0.15) is 0 Å². The van der Waals surface area contributed by atoms with E-state index in [0.717, 1.165) is 52.4 Å². The molecule has 0 spiro atoms. The Morgan fingerprint density at radius 3 is 2.38 bits per heavy atom. The molecule has 146 valence electrons. The first-order valence-electron chi connectivity index (χ1n) is 9.02. The van der Waals surface area contributed by atoms with Crippen LogP contribution in [0.1, 0.15) is 31.2 Å². The Balaban J connectivity index is 0.00000243. The number of aliphatic imine (C=N–C) groups is 1. The number of ether oxygens (including phenoxy) is 2. The third-order valence-electron chi connectivity index (χ3n) is 5.43. The summed E-state index contributed by atoms with van der Waals surface area (Å²) in [5, 5.41) is 3.51. The smallest absolute Gasteiger partial charge is 0.193 e. The zero-order valence-corrected chi connectivity index (χ0v) is 19.7. The summed E-state index contributed by atoms with van der Waals surface area (Å²) in [4.78, 5) is 6.93. The zero-order valence-electron chi connectivity index (χ0n) is 15.8. The Labute approximate surface area is 182 Å². The van der Waals surface area contributed by atoms with Gasteiger partial charge in [0.15, 0.2) is 17.5 Å². The molecule has 1 heterocycles. The van der Waals surface area contributed by atoms with Gasteiger partial charge in [-0.15, -0.1) is 24.0 Å². The second-order valence-electron chi connectivity index (χ2n) is 6.92. The molecule has 1 saturated carbocycles. The number of halogens is 2.